The van der Waals surface area contributed by atoms with Gasteiger partial charge in [0.2, 0.25) is 10.0 Å². The monoisotopic (exact) mass is 325 g/mol. The Kier molecular flexibility index (Phi) is 4.71. The number of hydrogen-bond donors (Lipinski definition) is 2. The van der Waals surface area contributed by atoms with E-state index in [4.69, 9.17) is 5.14 Å². The zero-order valence-electron chi connectivity index (χ0n) is 11.4. The van der Waals surface area contributed by atoms with Crippen LogP contribution in [0.4, 0.5) is 0 Å². The standard InChI is InChI=1S/C13H15N3O3S2/c1-9-8-10(4-6-15-9)13(17)16-7-5-11-2-3-12(20-11)21(14,18)19/h2-4,6,8H,5,7H2,1H3,(H,16,17)(H2,14,18,19). The van der Waals surface area contributed by atoms with Gasteiger partial charge >= 0.3 is 0 Å². The Morgan fingerprint density at radius 2 is 2.14 bits per heavy atom. The first-order valence-electron chi connectivity index (χ1n) is 6.18. The number of aromatic nitrogens is 1. The van der Waals surface area contributed by atoms with E-state index in [9.17, 15) is 13.2 Å². The lowest BCUT2D eigenvalue weighted by atomic mass is 10.2. The first-order valence-corrected chi connectivity index (χ1v) is 8.55. The molecule has 0 unspecified atom stereocenters. The van der Waals surface area contributed by atoms with Crippen LogP contribution in [0.5, 0.6) is 0 Å². The molecule has 21 heavy (non-hydrogen) atoms. The van der Waals surface area contributed by atoms with Crippen LogP contribution in [-0.4, -0.2) is 25.9 Å². The minimum Gasteiger partial charge on any atom is -0.352 e. The lowest BCUT2D eigenvalue weighted by molar-refractivity contribution is 0.0954. The van der Waals surface area contributed by atoms with Gasteiger partial charge in [-0.3, -0.25) is 9.78 Å². The molecule has 0 bridgehead atoms. The zero-order valence-corrected chi connectivity index (χ0v) is 13.0. The number of carbonyl (C=O) groups excluding carboxylic acids is 1. The van der Waals surface area contributed by atoms with Crippen LogP contribution in [0.1, 0.15) is 20.9 Å². The van der Waals surface area contributed by atoms with Gasteiger partial charge in [-0.2, -0.15) is 0 Å². The van der Waals surface area contributed by atoms with Crippen molar-refractivity contribution in [2.75, 3.05) is 6.54 Å². The SMILES string of the molecule is Cc1cc(C(=O)NCCc2ccc(S(N)(=O)=O)s2)ccn1. The Morgan fingerprint density at radius 1 is 1.38 bits per heavy atom. The van der Waals surface area contributed by atoms with E-state index in [1.54, 1.807) is 24.4 Å². The van der Waals surface area contributed by atoms with Gasteiger partial charge in [-0.05, 0) is 37.6 Å². The summed E-state index contributed by atoms with van der Waals surface area (Å²) in [4.78, 5) is 16.8. The van der Waals surface area contributed by atoms with E-state index in [1.807, 2.05) is 6.92 Å². The number of pyridine rings is 1. The van der Waals surface area contributed by atoms with Gasteiger partial charge < -0.3 is 5.32 Å². The summed E-state index contributed by atoms with van der Waals surface area (Å²) in [6, 6.07) is 6.53. The van der Waals surface area contributed by atoms with Gasteiger partial charge in [0, 0.05) is 28.9 Å². The van der Waals surface area contributed by atoms with Crippen molar-refractivity contribution in [2.24, 2.45) is 5.14 Å². The third-order valence-corrected chi connectivity index (χ3v) is 5.32. The molecule has 1 amide bonds. The number of nitrogens with zero attached hydrogens (tertiary/aromatic N) is 1. The first-order chi connectivity index (χ1) is 9.86. The molecule has 0 saturated heterocycles. The molecule has 112 valence electrons. The van der Waals surface area contributed by atoms with E-state index in [0.717, 1.165) is 21.9 Å². The Hall–Kier alpha value is -1.77. The fraction of sp³-hybridized carbons (Fsp3) is 0.231. The molecular formula is C13H15N3O3S2. The van der Waals surface area contributed by atoms with Crippen molar-refractivity contribution in [3.8, 4) is 0 Å². The summed E-state index contributed by atoms with van der Waals surface area (Å²) in [5, 5.41) is 7.83. The quantitative estimate of drug-likeness (QED) is 0.858. The highest BCUT2D eigenvalue weighted by molar-refractivity contribution is 7.91. The predicted molar refractivity (Wildman–Crippen MR) is 80.7 cm³/mol. The van der Waals surface area contributed by atoms with Crippen LogP contribution in [0, 0.1) is 6.92 Å². The van der Waals surface area contributed by atoms with E-state index < -0.39 is 10.0 Å². The summed E-state index contributed by atoms with van der Waals surface area (Å²) in [5.74, 6) is -0.177. The molecule has 2 aromatic heterocycles. The maximum absolute atomic E-state index is 11.9. The van der Waals surface area contributed by atoms with Gasteiger partial charge in [0.05, 0.1) is 0 Å². The summed E-state index contributed by atoms with van der Waals surface area (Å²) in [6.45, 7) is 2.24. The Bertz CT molecular complexity index is 754. The van der Waals surface area contributed by atoms with Gasteiger partial charge in [-0.25, -0.2) is 13.6 Å². The number of nitrogens with one attached hydrogen (secondary N) is 1. The molecule has 0 aliphatic heterocycles. The van der Waals surface area contributed by atoms with E-state index in [1.165, 1.54) is 6.07 Å². The molecule has 3 N–H and O–H groups in total. The largest absolute Gasteiger partial charge is 0.352 e. The molecular weight excluding hydrogens is 310 g/mol. The minimum atomic E-state index is -3.65. The predicted octanol–water partition coefficient (Wildman–Crippen LogP) is 1.07. The summed E-state index contributed by atoms with van der Waals surface area (Å²) >= 11 is 1.12. The van der Waals surface area contributed by atoms with Gasteiger partial charge in [0.15, 0.2) is 0 Å². The van der Waals surface area contributed by atoms with Gasteiger partial charge in [-0.1, -0.05) is 0 Å². The van der Waals surface area contributed by atoms with E-state index in [0.29, 0.717) is 18.5 Å². The highest BCUT2D eigenvalue weighted by atomic mass is 32.2. The van der Waals surface area contributed by atoms with Gasteiger partial charge in [0.25, 0.3) is 5.91 Å². The lowest BCUT2D eigenvalue weighted by Gasteiger charge is -2.04. The van der Waals surface area contributed by atoms with Crippen molar-refractivity contribution in [3.63, 3.8) is 0 Å². The zero-order chi connectivity index (χ0) is 15.5. The average molecular weight is 325 g/mol. The van der Waals surface area contributed by atoms with Crippen LogP contribution in [0.3, 0.4) is 0 Å². The third-order valence-electron chi connectivity index (χ3n) is 2.73. The van der Waals surface area contributed by atoms with Crippen LogP contribution in [0.15, 0.2) is 34.7 Å². The molecule has 2 rings (SSSR count). The second kappa shape index (κ2) is 6.33. The number of primary sulfonamides is 1. The first kappa shape index (κ1) is 15.6. The molecule has 2 aromatic rings. The normalized spacial score (nSPS) is 11.3. The van der Waals surface area contributed by atoms with Crippen molar-refractivity contribution < 1.29 is 13.2 Å². The lowest BCUT2D eigenvalue weighted by Crippen LogP contribution is -2.25. The summed E-state index contributed by atoms with van der Waals surface area (Å²) in [7, 11) is -3.65. The Labute approximate surface area is 127 Å². The van der Waals surface area contributed by atoms with E-state index in [-0.39, 0.29) is 10.1 Å². The van der Waals surface area contributed by atoms with Crippen LogP contribution in [0.2, 0.25) is 0 Å². The second-order valence-corrected chi connectivity index (χ2v) is 7.41. The molecule has 0 spiro atoms. The Balaban J connectivity index is 1.90. The molecule has 6 nitrogen and oxygen atoms in total. The topological polar surface area (TPSA) is 102 Å². The maximum atomic E-state index is 11.9. The van der Waals surface area contributed by atoms with Crippen molar-refractivity contribution in [1.29, 1.82) is 0 Å². The maximum Gasteiger partial charge on any atom is 0.251 e. The van der Waals surface area contributed by atoms with Gasteiger partial charge in [-0.15, -0.1) is 11.3 Å². The van der Waals surface area contributed by atoms with E-state index in [2.05, 4.69) is 10.3 Å². The van der Waals surface area contributed by atoms with Crippen LogP contribution in [0.25, 0.3) is 0 Å². The van der Waals surface area contributed by atoms with Crippen molar-refractivity contribution >= 4 is 27.3 Å². The molecule has 0 aromatic carbocycles. The second-order valence-electron chi connectivity index (χ2n) is 4.46. The van der Waals surface area contributed by atoms with Crippen LogP contribution in [-0.2, 0) is 16.4 Å². The number of rotatable bonds is 5. The van der Waals surface area contributed by atoms with Crippen LogP contribution >= 0.6 is 11.3 Å². The molecule has 0 aliphatic rings. The average Bonchev–Trinajstić information content (AvgIpc) is 2.87. The van der Waals surface area contributed by atoms with Crippen molar-refractivity contribution in [3.05, 3.63) is 46.6 Å². The number of nitrogens with two attached hydrogens (primary N) is 1. The van der Waals surface area contributed by atoms with Crippen molar-refractivity contribution in [1.82, 2.24) is 10.3 Å². The molecule has 0 atom stereocenters. The fourth-order valence-corrected chi connectivity index (χ4v) is 3.51. The molecule has 8 heteroatoms. The molecule has 0 saturated carbocycles. The summed E-state index contributed by atoms with van der Waals surface area (Å²) in [5.41, 5.74) is 1.33. The molecule has 0 radical (unpaired) electrons. The summed E-state index contributed by atoms with van der Waals surface area (Å²) < 4.78 is 22.4. The third kappa shape index (κ3) is 4.35. The van der Waals surface area contributed by atoms with Gasteiger partial charge in [0.1, 0.15) is 4.21 Å². The number of hydrogen-bond acceptors (Lipinski definition) is 5. The highest BCUT2D eigenvalue weighted by Crippen LogP contribution is 2.20. The molecule has 0 fully saturated rings. The smallest absolute Gasteiger partial charge is 0.251 e. The molecule has 0 aliphatic carbocycles. The van der Waals surface area contributed by atoms with E-state index >= 15 is 0 Å². The number of carbonyl (C=O) groups is 1. The Morgan fingerprint density at radius 3 is 2.76 bits per heavy atom. The molecule has 2 heterocycles. The number of aryl methyl sites for hydroxylation is 1. The highest BCUT2D eigenvalue weighted by Gasteiger charge is 2.11. The number of thiophene rings is 1. The summed E-state index contributed by atoms with van der Waals surface area (Å²) in [6.07, 6.45) is 2.14. The number of sulfonamides is 1. The fourth-order valence-electron chi connectivity index (χ4n) is 1.73. The minimum absolute atomic E-state index is 0.133. The number of amides is 1. The van der Waals surface area contributed by atoms with Crippen molar-refractivity contribution in [2.45, 2.75) is 17.6 Å². The van der Waals surface area contributed by atoms with Crippen LogP contribution < -0.4 is 10.5 Å².